The summed E-state index contributed by atoms with van der Waals surface area (Å²) >= 11 is 1.73. The Hall–Kier alpha value is -2.54. The van der Waals surface area contributed by atoms with Crippen molar-refractivity contribution in [3.63, 3.8) is 0 Å². The van der Waals surface area contributed by atoms with Gasteiger partial charge in [-0.2, -0.15) is 0 Å². The number of thioether (sulfide) groups is 1. The van der Waals surface area contributed by atoms with E-state index in [2.05, 4.69) is 36.1 Å². The van der Waals surface area contributed by atoms with Gasteiger partial charge in [0.05, 0.1) is 0 Å². The number of halogens is 1. The molecule has 2 aromatic carbocycles. The highest BCUT2D eigenvalue weighted by molar-refractivity contribution is 8.00. The van der Waals surface area contributed by atoms with Crippen LogP contribution < -0.4 is 4.90 Å². The number of hydrogen-bond acceptors (Lipinski definition) is 4. The smallest absolute Gasteiger partial charge is 0.246 e. The van der Waals surface area contributed by atoms with Crippen LogP contribution in [0.1, 0.15) is 24.0 Å². The molecule has 5 nitrogen and oxygen atoms in total. The van der Waals surface area contributed by atoms with Gasteiger partial charge in [0.1, 0.15) is 16.7 Å². The van der Waals surface area contributed by atoms with E-state index >= 15 is 0 Å². The van der Waals surface area contributed by atoms with Crippen molar-refractivity contribution in [3.05, 3.63) is 65.5 Å². The minimum Gasteiger partial charge on any atom is -0.368 e. The Labute approximate surface area is 186 Å². The van der Waals surface area contributed by atoms with E-state index < -0.39 is 10.9 Å². The van der Waals surface area contributed by atoms with Gasteiger partial charge in [-0.15, -0.1) is 11.8 Å². The van der Waals surface area contributed by atoms with Crippen LogP contribution in [0.3, 0.4) is 0 Å². The van der Waals surface area contributed by atoms with Gasteiger partial charge >= 0.3 is 0 Å². The van der Waals surface area contributed by atoms with Crippen LogP contribution in [0.25, 0.3) is 0 Å². The maximum absolute atomic E-state index is 13.5. The molecule has 7 heteroatoms. The summed E-state index contributed by atoms with van der Waals surface area (Å²) in [6.07, 6.45) is 1.24. The largest absolute Gasteiger partial charge is 0.368 e. The van der Waals surface area contributed by atoms with Crippen molar-refractivity contribution in [3.8, 4) is 0 Å². The topological polar surface area (TPSA) is 43.9 Å². The van der Waals surface area contributed by atoms with Gasteiger partial charge in [0.25, 0.3) is 0 Å². The molecule has 0 aliphatic carbocycles. The number of carbonyl (C=O) groups excluding carboxylic acids is 2. The van der Waals surface area contributed by atoms with E-state index in [-0.39, 0.29) is 17.6 Å². The van der Waals surface area contributed by atoms with Crippen LogP contribution in [0.5, 0.6) is 0 Å². The molecule has 2 atom stereocenters. The molecule has 2 amide bonds. The summed E-state index contributed by atoms with van der Waals surface area (Å²) in [7, 11) is 0. The summed E-state index contributed by atoms with van der Waals surface area (Å²) in [4.78, 5) is 31.8. The average Bonchev–Trinajstić information content (AvgIpc) is 3.33. The SMILES string of the molecule is Cc1ccc([C@]23CCC(=O)N2[C@H](C(=O)N2CCN(c4ccc(F)cc4)CC2)CS3)cc1. The first-order valence-electron chi connectivity index (χ1n) is 10.8. The minimum absolute atomic E-state index is 0.0514. The van der Waals surface area contributed by atoms with Crippen LogP contribution in [-0.2, 0) is 14.5 Å². The van der Waals surface area contributed by atoms with E-state index in [0.717, 1.165) is 17.7 Å². The maximum Gasteiger partial charge on any atom is 0.246 e. The van der Waals surface area contributed by atoms with Crippen LogP contribution >= 0.6 is 11.8 Å². The highest BCUT2D eigenvalue weighted by atomic mass is 32.2. The molecule has 0 spiro atoms. The van der Waals surface area contributed by atoms with Crippen molar-refractivity contribution >= 4 is 29.3 Å². The molecule has 0 radical (unpaired) electrons. The zero-order chi connectivity index (χ0) is 21.6. The lowest BCUT2D eigenvalue weighted by Gasteiger charge is -2.39. The number of piperazine rings is 1. The number of aryl methyl sites for hydroxylation is 1. The number of benzene rings is 2. The second-order valence-corrected chi connectivity index (χ2v) is 9.83. The third kappa shape index (κ3) is 3.49. The predicted octanol–water partition coefficient (Wildman–Crippen LogP) is 3.37. The molecule has 0 aromatic heterocycles. The highest BCUT2D eigenvalue weighted by Gasteiger charge is 2.57. The predicted molar refractivity (Wildman–Crippen MR) is 120 cm³/mol. The summed E-state index contributed by atoms with van der Waals surface area (Å²) in [5.41, 5.74) is 3.27. The molecule has 3 aliphatic rings. The lowest BCUT2D eigenvalue weighted by molar-refractivity contribution is -0.144. The molecule has 3 fully saturated rings. The van der Waals surface area contributed by atoms with E-state index in [4.69, 9.17) is 0 Å². The van der Waals surface area contributed by atoms with E-state index in [1.807, 2.05) is 9.80 Å². The number of hydrogen-bond donors (Lipinski definition) is 0. The Morgan fingerprint density at radius 2 is 1.71 bits per heavy atom. The lowest BCUT2D eigenvalue weighted by Crippen LogP contribution is -2.56. The first kappa shape index (κ1) is 20.4. The second kappa shape index (κ2) is 7.86. The van der Waals surface area contributed by atoms with Gasteiger partial charge in [-0.3, -0.25) is 9.59 Å². The normalized spacial score (nSPS) is 25.8. The molecule has 0 N–H and O–H groups in total. The molecule has 162 valence electrons. The van der Waals surface area contributed by atoms with Crippen molar-refractivity contribution < 1.29 is 14.0 Å². The molecule has 3 saturated heterocycles. The van der Waals surface area contributed by atoms with E-state index in [0.29, 0.717) is 38.4 Å². The van der Waals surface area contributed by atoms with Crippen molar-refractivity contribution in [2.24, 2.45) is 0 Å². The van der Waals surface area contributed by atoms with Crippen molar-refractivity contribution in [2.45, 2.75) is 30.7 Å². The number of rotatable bonds is 3. The molecule has 0 bridgehead atoms. The van der Waals surface area contributed by atoms with Crippen LogP contribution in [0.2, 0.25) is 0 Å². The van der Waals surface area contributed by atoms with Gasteiger partial charge in [-0.1, -0.05) is 29.8 Å². The van der Waals surface area contributed by atoms with Gasteiger partial charge in [0.2, 0.25) is 11.8 Å². The van der Waals surface area contributed by atoms with Crippen LogP contribution in [0, 0.1) is 12.7 Å². The molecule has 3 heterocycles. The monoisotopic (exact) mass is 439 g/mol. The average molecular weight is 440 g/mol. The van der Waals surface area contributed by atoms with Crippen molar-refractivity contribution in [2.75, 3.05) is 36.8 Å². The number of nitrogens with zero attached hydrogens (tertiary/aromatic N) is 3. The van der Waals surface area contributed by atoms with Crippen LogP contribution in [0.15, 0.2) is 48.5 Å². The summed E-state index contributed by atoms with van der Waals surface area (Å²) < 4.78 is 13.2. The van der Waals surface area contributed by atoms with E-state index in [1.54, 1.807) is 23.9 Å². The quantitative estimate of drug-likeness (QED) is 0.736. The zero-order valence-electron chi connectivity index (χ0n) is 17.6. The Morgan fingerprint density at radius 1 is 1.03 bits per heavy atom. The van der Waals surface area contributed by atoms with Gasteiger partial charge in [-0.25, -0.2) is 4.39 Å². The third-order valence-corrected chi connectivity index (χ3v) is 8.29. The molecular formula is C24H26FN3O2S. The van der Waals surface area contributed by atoms with E-state index in [1.165, 1.54) is 17.7 Å². The van der Waals surface area contributed by atoms with Gasteiger partial charge in [0.15, 0.2) is 0 Å². The maximum atomic E-state index is 13.5. The molecule has 2 aromatic rings. The van der Waals surface area contributed by atoms with Crippen LogP contribution in [0.4, 0.5) is 10.1 Å². The number of fused-ring (bicyclic) bond motifs is 1. The molecule has 0 unspecified atom stereocenters. The summed E-state index contributed by atoms with van der Waals surface area (Å²) in [5, 5.41) is 0. The summed E-state index contributed by atoms with van der Waals surface area (Å²) in [6, 6.07) is 14.4. The first-order chi connectivity index (χ1) is 15.0. The Balaban J connectivity index is 1.30. The van der Waals surface area contributed by atoms with Gasteiger partial charge in [-0.05, 0) is 43.2 Å². The summed E-state index contributed by atoms with van der Waals surface area (Å²) in [5.74, 6) is 0.518. The fourth-order valence-corrected chi connectivity index (χ4v) is 6.63. The number of amides is 2. The van der Waals surface area contributed by atoms with Crippen LogP contribution in [-0.4, -0.2) is 59.6 Å². The van der Waals surface area contributed by atoms with E-state index in [9.17, 15) is 14.0 Å². The van der Waals surface area contributed by atoms with Crippen molar-refractivity contribution in [1.29, 1.82) is 0 Å². The fraction of sp³-hybridized carbons (Fsp3) is 0.417. The second-order valence-electron chi connectivity index (χ2n) is 8.53. The van der Waals surface area contributed by atoms with Gasteiger partial charge < -0.3 is 14.7 Å². The third-order valence-electron chi connectivity index (χ3n) is 6.70. The highest BCUT2D eigenvalue weighted by Crippen LogP contribution is 2.54. The Morgan fingerprint density at radius 3 is 2.39 bits per heavy atom. The molecular weight excluding hydrogens is 413 g/mol. The first-order valence-corrected chi connectivity index (χ1v) is 11.8. The number of anilines is 1. The Kier molecular flexibility index (Phi) is 5.16. The zero-order valence-corrected chi connectivity index (χ0v) is 18.4. The standard InChI is InChI=1S/C24H26FN3O2S/c1-17-2-4-18(5-3-17)24-11-10-22(29)28(24)21(16-31-24)23(30)27-14-12-26(13-15-27)20-8-6-19(25)7-9-20/h2-9,21H,10-16H2,1H3/t21-,24+/m0/s1. The molecule has 5 rings (SSSR count). The number of carbonyl (C=O) groups is 2. The molecule has 31 heavy (non-hydrogen) atoms. The van der Waals surface area contributed by atoms with Gasteiger partial charge in [0, 0.05) is 44.0 Å². The minimum atomic E-state index is -0.416. The van der Waals surface area contributed by atoms with Crippen molar-refractivity contribution in [1.82, 2.24) is 9.80 Å². The fourth-order valence-electron chi connectivity index (χ4n) is 4.99. The Bertz CT molecular complexity index is 989. The summed E-state index contributed by atoms with van der Waals surface area (Å²) in [6.45, 7) is 4.68. The molecule has 3 aliphatic heterocycles. The molecule has 0 saturated carbocycles. The lowest BCUT2D eigenvalue weighted by atomic mass is 10.0.